The quantitative estimate of drug-likeness (QED) is 0.799. The number of anilines is 1. The minimum absolute atomic E-state index is 0.441. The first-order valence-corrected chi connectivity index (χ1v) is 7.38. The molecule has 17 heavy (non-hydrogen) atoms. The molecule has 1 aromatic heterocycles. The maximum absolute atomic E-state index is 6.04. The highest BCUT2D eigenvalue weighted by molar-refractivity contribution is 7.16. The number of aromatic nitrogens is 1. The zero-order chi connectivity index (χ0) is 12.6. The Labute approximate surface area is 116 Å². The van der Waals surface area contributed by atoms with Crippen molar-refractivity contribution in [3.63, 3.8) is 0 Å². The molecule has 2 unspecified atom stereocenters. The summed E-state index contributed by atoms with van der Waals surface area (Å²) in [5.41, 5.74) is 0. The summed E-state index contributed by atoms with van der Waals surface area (Å²) < 4.78 is 0. The molecule has 0 bridgehead atoms. The predicted octanol–water partition coefficient (Wildman–Crippen LogP) is 2.92. The third kappa shape index (κ3) is 2.70. The SMILES string of the molecule is CC1CN(c2nc(Cl)c(CCl)s2)CC1N(C)C. The molecule has 0 saturated carbocycles. The van der Waals surface area contributed by atoms with Gasteiger partial charge >= 0.3 is 0 Å². The van der Waals surface area contributed by atoms with E-state index in [0.29, 0.717) is 23.0 Å². The average Bonchev–Trinajstić information content (AvgIpc) is 2.81. The number of alkyl halides is 1. The van der Waals surface area contributed by atoms with Crippen LogP contribution in [0.1, 0.15) is 11.8 Å². The van der Waals surface area contributed by atoms with Crippen molar-refractivity contribution in [2.24, 2.45) is 5.92 Å². The van der Waals surface area contributed by atoms with Gasteiger partial charge in [0.05, 0.1) is 10.8 Å². The molecule has 0 N–H and O–H groups in total. The normalized spacial score (nSPS) is 24.9. The third-order valence-corrected chi connectivity index (χ3v) is 5.23. The first kappa shape index (κ1) is 13.4. The minimum Gasteiger partial charge on any atom is -0.346 e. The smallest absolute Gasteiger partial charge is 0.187 e. The second-order valence-electron chi connectivity index (χ2n) is 4.76. The van der Waals surface area contributed by atoms with Crippen molar-refractivity contribution in [2.45, 2.75) is 18.8 Å². The molecule has 6 heteroatoms. The van der Waals surface area contributed by atoms with Crippen LogP contribution in [0.15, 0.2) is 0 Å². The van der Waals surface area contributed by atoms with Crippen molar-refractivity contribution in [3.05, 3.63) is 10.0 Å². The maximum atomic E-state index is 6.04. The summed E-state index contributed by atoms with van der Waals surface area (Å²) in [5.74, 6) is 1.09. The van der Waals surface area contributed by atoms with Gasteiger partial charge in [0, 0.05) is 19.1 Å². The molecule has 1 aromatic rings. The van der Waals surface area contributed by atoms with E-state index in [0.717, 1.165) is 23.1 Å². The Morgan fingerprint density at radius 3 is 2.65 bits per heavy atom. The van der Waals surface area contributed by atoms with Crippen LogP contribution < -0.4 is 4.90 Å². The van der Waals surface area contributed by atoms with Gasteiger partial charge in [-0.2, -0.15) is 0 Å². The number of hydrogen-bond donors (Lipinski definition) is 0. The zero-order valence-corrected chi connectivity index (χ0v) is 12.6. The van der Waals surface area contributed by atoms with E-state index in [9.17, 15) is 0 Å². The van der Waals surface area contributed by atoms with E-state index in [4.69, 9.17) is 23.2 Å². The van der Waals surface area contributed by atoms with Crippen LogP contribution in [0.5, 0.6) is 0 Å². The Bertz CT molecular complexity index is 394. The highest BCUT2D eigenvalue weighted by Gasteiger charge is 2.32. The van der Waals surface area contributed by atoms with Gasteiger partial charge in [0.2, 0.25) is 0 Å². The van der Waals surface area contributed by atoms with Gasteiger partial charge in [0.15, 0.2) is 5.13 Å². The van der Waals surface area contributed by atoms with Gasteiger partial charge in [-0.05, 0) is 20.0 Å². The Morgan fingerprint density at radius 1 is 1.47 bits per heavy atom. The summed E-state index contributed by atoms with van der Waals surface area (Å²) in [7, 11) is 4.26. The molecule has 3 nitrogen and oxygen atoms in total. The van der Waals surface area contributed by atoms with Crippen molar-refractivity contribution < 1.29 is 0 Å². The van der Waals surface area contributed by atoms with Crippen LogP contribution in [0.4, 0.5) is 5.13 Å². The van der Waals surface area contributed by atoms with Gasteiger partial charge in [0.1, 0.15) is 5.15 Å². The number of hydrogen-bond acceptors (Lipinski definition) is 4. The first-order valence-electron chi connectivity index (χ1n) is 5.65. The summed E-state index contributed by atoms with van der Waals surface area (Å²) >= 11 is 13.5. The molecule has 0 spiro atoms. The number of halogens is 2. The molecular formula is C11H17Cl2N3S. The lowest BCUT2D eigenvalue weighted by Gasteiger charge is -2.22. The highest BCUT2D eigenvalue weighted by atomic mass is 35.5. The standard InChI is InChI=1S/C11H17Cl2N3S/c1-7-5-16(6-8(7)15(2)3)11-14-10(13)9(4-12)17-11/h7-8H,4-6H2,1-3H3. The first-order chi connectivity index (χ1) is 8.02. The summed E-state index contributed by atoms with van der Waals surface area (Å²) in [6, 6.07) is 0.581. The van der Waals surface area contributed by atoms with Crippen LogP contribution in [-0.4, -0.2) is 43.1 Å². The number of thiazole rings is 1. The van der Waals surface area contributed by atoms with E-state index >= 15 is 0 Å². The molecule has 0 radical (unpaired) electrons. The molecule has 1 fully saturated rings. The zero-order valence-electron chi connectivity index (χ0n) is 10.3. The molecule has 0 amide bonds. The number of rotatable bonds is 3. The lowest BCUT2D eigenvalue weighted by atomic mass is 10.1. The summed E-state index contributed by atoms with van der Waals surface area (Å²) in [5, 5.41) is 1.56. The van der Waals surface area contributed by atoms with Gasteiger partial charge in [-0.25, -0.2) is 4.98 Å². The van der Waals surface area contributed by atoms with Crippen LogP contribution >= 0.6 is 34.5 Å². The fourth-order valence-corrected chi connectivity index (χ4v) is 3.81. The highest BCUT2D eigenvalue weighted by Crippen LogP contribution is 2.34. The molecule has 1 saturated heterocycles. The van der Waals surface area contributed by atoms with Gasteiger partial charge < -0.3 is 9.80 Å². The second-order valence-corrected chi connectivity index (χ2v) is 6.44. The van der Waals surface area contributed by atoms with Crippen molar-refractivity contribution in [1.82, 2.24) is 9.88 Å². The fourth-order valence-electron chi connectivity index (χ4n) is 2.32. The Hall–Kier alpha value is -0.0300. The van der Waals surface area contributed by atoms with Crippen molar-refractivity contribution in [2.75, 3.05) is 32.1 Å². The molecule has 2 heterocycles. The minimum atomic E-state index is 0.441. The second kappa shape index (κ2) is 5.31. The van der Waals surface area contributed by atoms with Crippen LogP contribution in [0.3, 0.4) is 0 Å². The van der Waals surface area contributed by atoms with E-state index in [-0.39, 0.29) is 0 Å². The summed E-state index contributed by atoms with van der Waals surface area (Å²) in [4.78, 5) is 9.95. The molecule has 1 aliphatic rings. The van der Waals surface area contributed by atoms with Gasteiger partial charge in [-0.15, -0.1) is 11.6 Å². The Morgan fingerprint density at radius 2 is 2.18 bits per heavy atom. The van der Waals surface area contributed by atoms with E-state index in [1.165, 1.54) is 0 Å². The third-order valence-electron chi connectivity index (χ3n) is 3.27. The maximum Gasteiger partial charge on any atom is 0.187 e. The van der Waals surface area contributed by atoms with E-state index in [1.54, 1.807) is 11.3 Å². The molecule has 1 aliphatic heterocycles. The number of likely N-dealkylation sites (N-methyl/N-ethyl adjacent to an activating group) is 1. The van der Waals surface area contributed by atoms with Gasteiger partial charge in [-0.1, -0.05) is 29.9 Å². The lowest BCUT2D eigenvalue weighted by molar-refractivity contribution is 0.266. The monoisotopic (exact) mass is 293 g/mol. The lowest BCUT2D eigenvalue weighted by Crippen LogP contribution is -2.34. The van der Waals surface area contributed by atoms with Crippen molar-refractivity contribution in [3.8, 4) is 0 Å². The van der Waals surface area contributed by atoms with Gasteiger partial charge in [-0.3, -0.25) is 0 Å². The topological polar surface area (TPSA) is 19.4 Å². The molecule has 0 aromatic carbocycles. The largest absolute Gasteiger partial charge is 0.346 e. The van der Waals surface area contributed by atoms with E-state index in [1.807, 2.05) is 0 Å². The summed E-state index contributed by atoms with van der Waals surface area (Å²) in [6.45, 7) is 4.33. The van der Waals surface area contributed by atoms with E-state index in [2.05, 4.69) is 35.8 Å². The molecule has 96 valence electrons. The van der Waals surface area contributed by atoms with Crippen LogP contribution in [0.25, 0.3) is 0 Å². The van der Waals surface area contributed by atoms with Crippen molar-refractivity contribution >= 4 is 39.7 Å². The van der Waals surface area contributed by atoms with Crippen LogP contribution in [-0.2, 0) is 5.88 Å². The Kier molecular flexibility index (Phi) is 4.18. The fraction of sp³-hybridized carbons (Fsp3) is 0.727. The van der Waals surface area contributed by atoms with Gasteiger partial charge in [0.25, 0.3) is 0 Å². The average molecular weight is 294 g/mol. The predicted molar refractivity (Wildman–Crippen MR) is 75.5 cm³/mol. The van der Waals surface area contributed by atoms with Crippen LogP contribution in [0, 0.1) is 5.92 Å². The molecule has 2 rings (SSSR count). The number of nitrogens with zero attached hydrogens (tertiary/aromatic N) is 3. The Balaban J connectivity index is 2.14. The van der Waals surface area contributed by atoms with Crippen LogP contribution in [0.2, 0.25) is 5.15 Å². The molecule has 2 atom stereocenters. The molecular weight excluding hydrogens is 277 g/mol. The summed E-state index contributed by atoms with van der Waals surface area (Å²) in [6.07, 6.45) is 0. The van der Waals surface area contributed by atoms with E-state index < -0.39 is 0 Å². The van der Waals surface area contributed by atoms with Crippen molar-refractivity contribution in [1.29, 1.82) is 0 Å². The molecule has 0 aliphatic carbocycles.